The van der Waals surface area contributed by atoms with Crippen molar-refractivity contribution in [1.82, 2.24) is 0 Å². The molecule has 6 nitrogen and oxygen atoms in total. The number of rotatable bonds is 6. The standard InChI is InChI=1S/C20H18INO5/c1-3-26-14-7-5-6-12-17(14)20(25)18-13(19(12)24)8-11(22-16(23)10-21)9-15(18)27-4-2/h5-9H,3-4,10H2,1-2H3,(H,22,23). The Kier molecular flexibility index (Phi) is 5.79. The maximum Gasteiger partial charge on any atom is 0.234 e. The van der Waals surface area contributed by atoms with E-state index in [1.165, 1.54) is 6.07 Å². The molecule has 2 aromatic carbocycles. The first kappa shape index (κ1) is 19.3. The van der Waals surface area contributed by atoms with E-state index in [-0.39, 0.29) is 44.3 Å². The van der Waals surface area contributed by atoms with Crippen molar-refractivity contribution in [2.45, 2.75) is 13.8 Å². The Hall–Kier alpha value is -2.42. The van der Waals surface area contributed by atoms with Crippen molar-refractivity contribution in [2.75, 3.05) is 23.0 Å². The van der Waals surface area contributed by atoms with Gasteiger partial charge in [0.2, 0.25) is 11.7 Å². The number of alkyl halides is 1. The molecule has 0 bridgehead atoms. The molecule has 1 aliphatic rings. The Bertz CT molecular complexity index is 938. The predicted molar refractivity (Wildman–Crippen MR) is 110 cm³/mol. The summed E-state index contributed by atoms with van der Waals surface area (Å²) in [5, 5.41) is 2.72. The van der Waals surface area contributed by atoms with Gasteiger partial charge >= 0.3 is 0 Å². The number of anilines is 1. The number of hydrogen-bond donors (Lipinski definition) is 1. The second-order valence-corrected chi connectivity index (χ2v) is 6.54. The second-order valence-electron chi connectivity index (χ2n) is 5.78. The molecule has 0 atom stereocenters. The lowest BCUT2D eigenvalue weighted by Crippen LogP contribution is -2.24. The van der Waals surface area contributed by atoms with Crippen LogP contribution in [0.15, 0.2) is 30.3 Å². The summed E-state index contributed by atoms with van der Waals surface area (Å²) in [7, 11) is 0. The third-order valence-electron chi connectivity index (χ3n) is 4.08. The highest BCUT2D eigenvalue weighted by molar-refractivity contribution is 14.1. The summed E-state index contributed by atoms with van der Waals surface area (Å²) in [5.41, 5.74) is 1.38. The molecule has 1 aliphatic carbocycles. The first-order valence-electron chi connectivity index (χ1n) is 8.53. The fourth-order valence-corrected chi connectivity index (χ4v) is 3.26. The third-order valence-corrected chi connectivity index (χ3v) is 4.77. The summed E-state index contributed by atoms with van der Waals surface area (Å²) in [6.45, 7) is 4.30. The molecular weight excluding hydrogens is 461 g/mol. The van der Waals surface area contributed by atoms with Gasteiger partial charge in [-0.25, -0.2) is 0 Å². The molecule has 2 aromatic rings. The van der Waals surface area contributed by atoms with Crippen molar-refractivity contribution in [2.24, 2.45) is 0 Å². The van der Waals surface area contributed by atoms with Gasteiger partial charge in [0.15, 0.2) is 5.78 Å². The molecule has 0 fully saturated rings. The fourth-order valence-electron chi connectivity index (χ4n) is 3.07. The smallest absolute Gasteiger partial charge is 0.234 e. The quantitative estimate of drug-likeness (QED) is 0.432. The first-order chi connectivity index (χ1) is 13.0. The minimum absolute atomic E-state index is 0.202. The maximum atomic E-state index is 13.2. The topological polar surface area (TPSA) is 81.7 Å². The molecule has 0 radical (unpaired) electrons. The van der Waals surface area contributed by atoms with E-state index in [2.05, 4.69) is 5.32 Å². The van der Waals surface area contributed by atoms with Crippen molar-refractivity contribution in [3.63, 3.8) is 0 Å². The van der Waals surface area contributed by atoms with E-state index in [0.717, 1.165) is 0 Å². The van der Waals surface area contributed by atoms with Crippen molar-refractivity contribution in [3.05, 3.63) is 52.6 Å². The minimum atomic E-state index is -0.320. The first-order valence-corrected chi connectivity index (χ1v) is 10.1. The van der Waals surface area contributed by atoms with Crippen LogP contribution < -0.4 is 14.8 Å². The molecule has 140 valence electrons. The number of carbonyl (C=O) groups excluding carboxylic acids is 3. The largest absolute Gasteiger partial charge is 0.493 e. The number of nitrogens with one attached hydrogen (secondary N) is 1. The molecule has 0 aliphatic heterocycles. The molecule has 0 heterocycles. The molecule has 1 amide bonds. The van der Waals surface area contributed by atoms with E-state index in [1.54, 1.807) is 31.2 Å². The molecule has 1 N–H and O–H groups in total. The zero-order chi connectivity index (χ0) is 19.6. The van der Waals surface area contributed by atoms with E-state index in [1.807, 2.05) is 29.5 Å². The Labute approximate surface area is 170 Å². The number of amides is 1. The average Bonchev–Trinajstić information content (AvgIpc) is 2.66. The lowest BCUT2D eigenvalue weighted by molar-refractivity contribution is -0.113. The van der Waals surface area contributed by atoms with E-state index < -0.39 is 0 Å². The zero-order valence-corrected chi connectivity index (χ0v) is 17.1. The van der Waals surface area contributed by atoms with Gasteiger partial charge in [-0.2, -0.15) is 0 Å². The average molecular weight is 479 g/mol. The van der Waals surface area contributed by atoms with Gasteiger partial charge in [-0.3, -0.25) is 14.4 Å². The van der Waals surface area contributed by atoms with E-state index in [4.69, 9.17) is 9.47 Å². The molecule has 27 heavy (non-hydrogen) atoms. The molecule has 0 spiro atoms. The fraction of sp³-hybridized carbons (Fsp3) is 0.250. The van der Waals surface area contributed by atoms with Crippen LogP contribution in [0.4, 0.5) is 5.69 Å². The van der Waals surface area contributed by atoms with Crippen molar-refractivity contribution in [3.8, 4) is 11.5 Å². The number of halogens is 1. The Morgan fingerprint density at radius 3 is 2.30 bits per heavy atom. The summed E-state index contributed by atoms with van der Waals surface area (Å²) in [4.78, 5) is 38.1. The molecule has 0 saturated heterocycles. The van der Waals surface area contributed by atoms with Crippen LogP contribution in [0.1, 0.15) is 45.7 Å². The third kappa shape index (κ3) is 3.55. The van der Waals surface area contributed by atoms with Gasteiger partial charge in [-0.15, -0.1) is 0 Å². The predicted octanol–water partition coefficient (Wildman–Crippen LogP) is 3.63. The number of fused-ring (bicyclic) bond motifs is 2. The molecule has 0 unspecified atom stereocenters. The zero-order valence-electron chi connectivity index (χ0n) is 14.9. The number of benzene rings is 2. The number of carbonyl (C=O) groups is 3. The van der Waals surface area contributed by atoms with Crippen LogP contribution in [-0.4, -0.2) is 35.1 Å². The molecule has 3 rings (SSSR count). The van der Waals surface area contributed by atoms with Crippen molar-refractivity contribution < 1.29 is 23.9 Å². The van der Waals surface area contributed by atoms with Crippen LogP contribution >= 0.6 is 22.6 Å². The van der Waals surface area contributed by atoms with Gasteiger partial charge in [0.05, 0.1) is 28.8 Å². The Balaban J connectivity index is 2.20. The van der Waals surface area contributed by atoms with Gasteiger partial charge in [-0.05, 0) is 26.0 Å². The Morgan fingerprint density at radius 2 is 1.63 bits per heavy atom. The summed E-state index contributed by atoms with van der Waals surface area (Å²) < 4.78 is 11.5. The van der Waals surface area contributed by atoms with E-state index >= 15 is 0 Å². The minimum Gasteiger partial charge on any atom is -0.493 e. The highest BCUT2D eigenvalue weighted by Gasteiger charge is 2.35. The lowest BCUT2D eigenvalue weighted by Gasteiger charge is -2.23. The van der Waals surface area contributed by atoms with E-state index in [9.17, 15) is 14.4 Å². The SMILES string of the molecule is CCOc1cccc2c1C(=O)c1c(OCC)cc(NC(=O)CI)cc1C2=O. The monoisotopic (exact) mass is 479 g/mol. The molecule has 7 heteroatoms. The lowest BCUT2D eigenvalue weighted by atomic mass is 9.82. The van der Waals surface area contributed by atoms with E-state index in [0.29, 0.717) is 30.2 Å². The Morgan fingerprint density at radius 1 is 0.963 bits per heavy atom. The normalized spacial score (nSPS) is 12.3. The van der Waals surface area contributed by atoms with Gasteiger partial charge in [-0.1, -0.05) is 34.7 Å². The highest BCUT2D eigenvalue weighted by Crippen LogP contribution is 2.39. The summed E-state index contributed by atoms with van der Waals surface area (Å²) in [5.74, 6) is -0.170. The van der Waals surface area contributed by atoms with Crippen LogP contribution in [-0.2, 0) is 4.79 Å². The number of ether oxygens (including phenoxy) is 2. The molecular formula is C20H18INO5. The summed E-state index contributed by atoms with van der Waals surface area (Å²) >= 11 is 1.95. The summed E-state index contributed by atoms with van der Waals surface area (Å²) in [6, 6.07) is 8.07. The van der Waals surface area contributed by atoms with Gasteiger partial charge in [0, 0.05) is 22.9 Å². The van der Waals surface area contributed by atoms with Crippen LogP contribution in [0.25, 0.3) is 0 Å². The second kappa shape index (κ2) is 8.08. The van der Waals surface area contributed by atoms with Crippen LogP contribution in [0.2, 0.25) is 0 Å². The van der Waals surface area contributed by atoms with Gasteiger partial charge in [0.25, 0.3) is 0 Å². The molecule has 0 saturated carbocycles. The molecule has 0 aromatic heterocycles. The van der Waals surface area contributed by atoms with Crippen LogP contribution in [0, 0.1) is 0 Å². The number of ketones is 2. The maximum absolute atomic E-state index is 13.2. The van der Waals surface area contributed by atoms with Crippen LogP contribution in [0.3, 0.4) is 0 Å². The van der Waals surface area contributed by atoms with Crippen molar-refractivity contribution >= 4 is 45.8 Å². The van der Waals surface area contributed by atoms with Crippen molar-refractivity contribution in [1.29, 1.82) is 0 Å². The van der Waals surface area contributed by atoms with Crippen LogP contribution in [0.5, 0.6) is 11.5 Å². The number of hydrogen-bond acceptors (Lipinski definition) is 5. The summed E-state index contributed by atoms with van der Waals surface area (Å²) in [6.07, 6.45) is 0. The van der Waals surface area contributed by atoms with Gasteiger partial charge in [0.1, 0.15) is 11.5 Å². The highest BCUT2D eigenvalue weighted by atomic mass is 127. The van der Waals surface area contributed by atoms with Gasteiger partial charge < -0.3 is 14.8 Å².